The van der Waals surface area contributed by atoms with Crippen molar-refractivity contribution < 1.29 is 19.4 Å². The van der Waals surface area contributed by atoms with Gasteiger partial charge in [0.15, 0.2) is 0 Å². The highest BCUT2D eigenvalue weighted by Crippen LogP contribution is 2.30. The van der Waals surface area contributed by atoms with Gasteiger partial charge in [-0.15, -0.1) is 0 Å². The quantitative estimate of drug-likeness (QED) is 0.233. The van der Waals surface area contributed by atoms with E-state index < -0.39 is 0 Å². The number of nitrogens with one attached hydrogen (secondary N) is 1. The van der Waals surface area contributed by atoms with E-state index in [1.807, 2.05) is 38.1 Å². The molecule has 2 amide bonds. The minimum Gasteiger partial charge on any atom is -0.507 e. The number of carbonyl (C=O) groups is 2. The third kappa shape index (κ3) is 9.75. The molecule has 0 aromatic heterocycles. The van der Waals surface area contributed by atoms with Crippen LogP contribution in [0.1, 0.15) is 106 Å². The van der Waals surface area contributed by atoms with E-state index >= 15 is 0 Å². The van der Waals surface area contributed by atoms with E-state index in [-0.39, 0.29) is 17.6 Å². The van der Waals surface area contributed by atoms with Gasteiger partial charge in [-0.2, -0.15) is 0 Å². The molecular formula is C31H46N2O4. The summed E-state index contributed by atoms with van der Waals surface area (Å²) in [5.74, 6) is 0.419. The summed E-state index contributed by atoms with van der Waals surface area (Å²) >= 11 is 0. The molecule has 6 nitrogen and oxygen atoms in total. The summed E-state index contributed by atoms with van der Waals surface area (Å²) in [4.78, 5) is 26.6. The molecule has 2 rings (SSSR count). The van der Waals surface area contributed by atoms with Crippen molar-refractivity contribution in [2.24, 2.45) is 0 Å². The van der Waals surface area contributed by atoms with E-state index in [1.165, 1.54) is 45.4 Å². The fraction of sp³-hybridized carbons (Fsp3) is 0.548. The highest BCUT2D eigenvalue weighted by molar-refractivity contribution is 5.97. The Balaban J connectivity index is 2.09. The van der Waals surface area contributed by atoms with Crippen molar-refractivity contribution >= 4 is 17.5 Å². The molecule has 0 saturated carbocycles. The molecule has 0 radical (unpaired) electrons. The normalized spacial score (nSPS) is 10.8. The predicted octanol–water partition coefficient (Wildman–Crippen LogP) is 7.25. The molecule has 0 aliphatic carbocycles. The number of anilines is 1. The number of phenolic OH excluding ortho intramolecular Hbond substituents is 1. The number of hydrogen-bond donors (Lipinski definition) is 2. The van der Waals surface area contributed by atoms with Crippen molar-refractivity contribution in [3.05, 3.63) is 52.6 Å². The van der Waals surface area contributed by atoms with Gasteiger partial charge < -0.3 is 20.1 Å². The number of hydrogen-bond acceptors (Lipinski definition) is 4. The van der Waals surface area contributed by atoms with Gasteiger partial charge in [-0.05, 0) is 62.4 Å². The topological polar surface area (TPSA) is 78.9 Å². The number of phenols is 1. The van der Waals surface area contributed by atoms with Crippen LogP contribution in [0.2, 0.25) is 0 Å². The van der Waals surface area contributed by atoms with Crippen LogP contribution in [0.3, 0.4) is 0 Å². The molecule has 0 spiro atoms. The Labute approximate surface area is 223 Å². The monoisotopic (exact) mass is 510 g/mol. The molecule has 204 valence electrons. The summed E-state index contributed by atoms with van der Waals surface area (Å²) in [5.41, 5.74) is 3.47. The Hall–Kier alpha value is -3.02. The fourth-order valence-corrected chi connectivity index (χ4v) is 4.55. The predicted molar refractivity (Wildman–Crippen MR) is 152 cm³/mol. The fourth-order valence-electron chi connectivity index (χ4n) is 4.55. The third-order valence-corrected chi connectivity index (χ3v) is 6.69. The largest absolute Gasteiger partial charge is 0.507 e. The van der Waals surface area contributed by atoms with Crippen molar-refractivity contribution in [1.82, 2.24) is 4.90 Å². The van der Waals surface area contributed by atoms with Crippen LogP contribution in [0.4, 0.5) is 5.69 Å². The minimum atomic E-state index is -0.181. The SMILES string of the molecule is CCCCCCCCCCOc1ccc(Cc2cc(C)c(O)c(C(=O)N(CC)CC)c2)c(NC(C)=O)c1. The standard InChI is InChI=1S/C31H46N2O4/c1-6-9-10-11-12-13-14-15-18-37-27-17-16-26(29(22-27)32-24(5)34)20-25-19-23(4)30(35)28(21-25)31(36)33(7-2)8-3/h16-17,19,21-22,35H,6-15,18,20H2,1-5H3,(H,32,34). The first-order valence-electron chi connectivity index (χ1n) is 14.0. The van der Waals surface area contributed by atoms with Gasteiger partial charge in [0.2, 0.25) is 5.91 Å². The second kappa shape index (κ2) is 16.0. The zero-order chi connectivity index (χ0) is 27.2. The molecule has 6 heteroatoms. The molecule has 0 aliphatic rings. The first-order valence-corrected chi connectivity index (χ1v) is 14.0. The summed E-state index contributed by atoms with van der Waals surface area (Å²) in [7, 11) is 0. The van der Waals surface area contributed by atoms with Gasteiger partial charge in [0.05, 0.1) is 12.2 Å². The highest BCUT2D eigenvalue weighted by atomic mass is 16.5. The molecule has 0 unspecified atom stereocenters. The maximum atomic E-state index is 13.0. The highest BCUT2D eigenvalue weighted by Gasteiger charge is 2.19. The number of amides is 2. The third-order valence-electron chi connectivity index (χ3n) is 6.69. The van der Waals surface area contributed by atoms with Crippen molar-refractivity contribution in [2.45, 2.75) is 92.4 Å². The Bertz CT molecular complexity index is 1010. The van der Waals surface area contributed by atoms with Gasteiger partial charge in [0, 0.05) is 31.8 Å². The van der Waals surface area contributed by atoms with Crippen molar-refractivity contribution in [3.63, 3.8) is 0 Å². The maximum absolute atomic E-state index is 13.0. The van der Waals surface area contributed by atoms with Gasteiger partial charge in [-0.3, -0.25) is 9.59 Å². The van der Waals surface area contributed by atoms with E-state index in [1.54, 1.807) is 17.9 Å². The first kappa shape index (κ1) is 30.2. The zero-order valence-electron chi connectivity index (χ0n) is 23.5. The second-order valence-electron chi connectivity index (χ2n) is 9.79. The summed E-state index contributed by atoms with van der Waals surface area (Å²) in [5, 5.41) is 13.5. The maximum Gasteiger partial charge on any atom is 0.257 e. The summed E-state index contributed by atoms with van der Waals surface area (Å²) in [6.07, 6.45) is 10.5. The average Bonchev–Trinajstić information content (AvgIpc) is 2.86. The Morgan fingerprint density at radius 3 is 2.19 bits per heavy atom. The molecule has 0 atom stereocenters. The van der Waals surface area contributed by atoms with Crippen LogP contribution in [-0.4, -0.2) is 41.5 Å². The molecule has 2 aromatic carbocycles. The van der Waals surface area contributed by atoms with Gasteiger partial charge in [-0.1, -0.05) is 64.0 Å². The lowest BCUT2D eigenvalue weighted by Crippen LogP contribution is -2.30. The number of nitrogens with zero attached hydrogens (tertiary/aromatic N) is 1. The molecule has 0 bridgehead atoms. The van der Waals surface area contributed by atoms with E-state index in [0.29, 0.717) is 42.9 Å². The number of benzene rings is 2. The van der Waals surface area contributed by atoms with E-state index in [0.717, 1.165) is 29.7 Å². The van der Waals surface area contributed by atoms with Gasteiger partial charge >= 0.3 is 0 Å². The van der Waals surface area contributed by atoms with E-state index in [4.69, 9.17) is 4.74 Å². The smallest absolute Gasteiger partial charge is 0.257 e. The molecule has 37 heavy (non-hydrogen) atoms. The Morgan fingerprint density at radius 1 is 0.919 bits per heavy atom. The minimum absolute atomic E-state index is 0.0208. The molecule has 0 aliphatic heterocycles. The van der Waals surface area contributed by atoms with Crippen molar-refractivity contribution in [2.75, 3.05) is 25.0 Å². The van der Waals surface area contributed by atoms with Gasteiger partial charge in [0.25, 0.3) is 5.91 Å². The van der Waals surface area contributed by atoms with Crippen molar-refractivity contribution in [3.8, 4) is 11.5 Å². The Morgan fingerprint density at radius 2 is 1.57 bits per heavy atom. The lowest BCUT2D eigenvalue weighted by Gasteiger charge is -2.20. The summed E-state index contributed by atoms with van der Waals surface area (Å²) in [6.45, 7) is 11.2. The van der Waals surface area contributed by atoms with E-state index in [9.17, 15) is 14.7 Å². The van der Waals surface area contributed by atoms with Crippen LogP contribution in [-0.2, 0) is 11.2 Å². The van der Waals surface area contributed by atoms with Gasteiger partial charge in [0.1, 0.15) is 11.5 Å². The summed E-state index contributed by atoms with van der Waals surface area (Å²) in [6, 6.07) is 9.41. The van der Waals surface area contributed by atoms with Crippen LogP contribution >= 0.6 is 0 Å². The Kier molecular flexibility index (Phi) is 13.0. The van der Waals surface area contributed by atoms with Crippen LogP contribution in [0, 0.1) is 6.92 Å². The second-order valence-corrected chi connectivity index (χ2v) is 9.79. The number of carbonyl (C=O) groups excluding carboxylic acids is 2. The zero-order valence-corrected chi connectivity index (χ0v) is 23.5. The number of aryl methyl sites for hydroxylation is 1. The van der Waals surface area contributed by atoms with Crippen LogP contribution in [0.5, 0.6) is 11.5 Å². The molecule has 2 aromatic rings. The average molecular weight is 511 g/mol. The summed E-state index contributed by atoms with van der Waals surface area (Å²) < 4.78 is 5.98. The molecule has 0 fully saturated rings. The van der Waals surface area contributed by atoms with E-state index in [2.05, 4.69) is 12.2 Å². The molecular weight excluding hydrogens is 464 g/mol. The lowest BCUT2D eigenvalue weighted by molar-refractivity contribution is -0.114. The molecule has 0 heterocycles. The molecule has 0 saturated heterocycles. The van der Waals surface area contributed by atoms with Crippen LogP contribution in [0.15, 0.2) is 30.3 Å². The van der Waals surface area contributed by atoms with Crippen LogP contribution in [0.25, 0.3) is 0 Å². The number of ether oxygens (including phenoxy) is 1. The number of aromatic hydroxyl groups is 1. The van der Waals surface area contributed by atoms with Gasteiger partial charge in [-0.25, -0.2) is 0 Å². The number of unbranched alkanes of at least 4 members (excludes halogenated alkanes) is 7. The number of rotatable bonds is 16. The van der Waals surface area contributed by atoms with Crippen LogP contribution < -0.4 is 10.1 Å². The lowest BCUT2D eigenvalue weighted by atomic mass is 9.97. The van der Waals surface area contributed by atoms with Crippen molar-refractivity contribution in [1.29, 1.82) is 0 Å². The first-order chi connectivity index (χ1) is 17.8. The molecule has 2 N–H and O–H groups in total.